The minimum atomic E-state index is 0.635. The maximum atomic E-state index is 5.31. The fourth-order valence-electron chi connectivity index (χ4n) is 2.55. The lowest BCUT2D eigenvalue weighted by molar-refractivity contribution is 0.981. The van der Waals surface area contributed by atoms with Crippen LogP contribution in [0.5, 0.6) is 0 Å². The van der Waals surface area contributed by atoms with Gasteiger partial charge in [0.15, 0.2) is 0 Å². The molecule has 0 spiro atoms. The second-order valence-corrected chi connectivity index (χ2v) is 5.60. The van der Waals surface area contributed by atoms with E-state index < -0.39 is 0 Å². The van der Waals surface area contributed by atoms with Crippen LogP contribution in [-0.4, -0.2) is 6.54 Å². The van der Waals surface area contributed by atoms with Gasteiger partial charge in [-0.15, -0.1) is 0 Å². The number of benzene rings is 2. The summed E-state index contributed by atoms with van der Waals surface area (Å²) in [5.41, 5.74) is 11.9. The molecule has 2 heteroatoms. The van der Waals surface area contributed by atoms with Gasteiger partial charge in [-0.1, -0.05) is 73.8 Å². The third-order valence-electron chi connectivity index (χ3n) is 3.74. The molecular formula is C22H24N2. The molecule has 2 aromatic rings. The predicted molar refractivity (Wildman–Crippen MR) is 105 cm³/mol. The first-order valence-electron chi connectivity index (χ1n) is 7.94. The van der Waals surface area contributed by atoms with Crippen LogP contribution in [0.15, 0.2) is 91.7 Å². The van der Waals surface area contributed by atoms with E-state index in [-0.39, 0.29) is 0 Å². The molecule has 0 amide bonds. The van der Waals surface area contributed by atoms with Crippen LogP contribution in [0.4, 0.5) is 0 Å². The zero-order chi connectivity index (χ0) is 17.4. The monoisotopic (exact) mass is 316 g/mol. The molecular weight excluding hydrogens is 292 g/mol. The van der Waals surface area contributed by atoms with Crippen LogP contribution < -0.4 is 11.1 Å². The smallest absolute Gasteiger partial charge is 0.0394 e. The Morgan fingerprint density at radius 2 is 1.79 bits per heavy atom. The van der Waals surface area contributed by atoms with E-state index in [9.17, 15) is 0 Å². The van der Waals surface area contributed by atoms with Crippen LogP contribution >= 0.6 is 0 Å². The Morgan fingerprint density at radius 3 is 2.50 bits per heavy atom. The van der Waals surface area contributed by atoms with Crippen molar-refractivity contribution in [2.45, 2.75) is 6.92 Å². The van der Waals surface area contributed by atoms with E-state index in [0.717, 1.165) is 16.8 Å². The van der Waals surface area contributed by atoms with E-state index in [2.05, 4.69) is 67.9 Å². The van der Waals surface area contributed by atoms with Crippen molar-refractivity contribution in [1.29, 1.82) is 0 Å². The first kappa shape index (κ1) is 17.4. The molecule has 122 valence electrons. The van der Waals surface area contributed by atoms with E-state index in [4.69, 9.17) is 5.73 Å². The Kier molecular flexibility index (Phi) is 6.21. The summed E-state index contributed by atoms with van der Waals surface area (Å²) in [4.78, 5) is 0. The average Bonchev–Trinajstić information content (AvgIpc) is 2.60. The summed E-state index contributed by atoms with van der Waals surface area (Å²) in [7, 11) is 0. The number of rotatable bonds is 7. The Morgan fingerprint density at radius 1 is 1.04 bits per heavy atom. The maximum Gasteiger partial charge on any atom is 0.0394 e. The molecule has 0 fully saturated rings. The number of allylic oxidation sites excluding steroid dienone is 2. The molecule has 0 saturated heterocycles. The molecule has 0 aliphatic rings. The molecule has 2 rings (SSSR count). The topological polar surface area (TPSA) is 38.0 Å². The van der Waals surface area contributed by atoms with Crippen molar-refractivity contribution in [3.05, 3.63) is 103 Å². The Hall–Kier alpha value is -3.00. The molecule has 2 aromatic carbocycles. The zero-order valence-electron chi connectivity index (χ0n) is 14.1. The largest absolute Gasteiger partial charge is 0.405 e. The van der Waals surface area contributed by atoms with Gasteiger partial charge in [-0.05, 0) is 41.5 Å². The molecule has 24 heavy (non-hydrogen) atoms. The van der Waals surface area contributed by atoms with E-state index >= 15 is 0 Å². The number of aryl methyl sites for hydroxylation is 1. The van der Waals surface area contributed by atoms with E-state index in [1.807, 2.05) is 18.2 Å². The van der Waals surface area contributed by atoms with Crippen LogP contribution in [0.3, 0.4) is 0 Å². The van der Waals surface area contributed by atoms with Gasteiger partial charge >= 0.3 is 0 Å². The van der Waals surface area contributed by atoms with Crippen LogP contribution in [0, 0.1) is 6.92 Å². The fourth-order valence-corrected chi connectivity index (χ4v) is 2.55. The van der Waals surface area contributed by atoms with E-state index in [1.54, 1.807) is 6.08 Å². The van der Waals surface area contributed by atoms with Crippen molar-refractivity contribution in [2.75, 3.05) is 6.54 Å². The van der Waals surface area contributed by atoms with Crippen molar-refractivity contribution in [3.8, 4) is 11.1 Å². The van der Waals surface area contributed by atoms with Crippen molar-refractivity contribution in [1.82, 2.24) is 5.32 Å². The standard InChI is InChI=1S/C22H24N2/c1-17(10-7-8-15-23)16-24-19(3)22-18(2)11-9-14-21(22)20-12-5-4-6-13-20/h4-15,24H,1,3,16,23H2,2H3/b10-7-,15-8-. The van der Waals surface area contributed by atoms with Crippen molar-refractivity contribution >= 4 is 5.70 Å². The van der Waals surface area contributed by atoms with Gasteiger partial charge in [0.2, 0.25) is 0 Å². The summed E-state index contributed by atoms with van der Waals surface area (Å²) in [6.07, 6.45) is 7.07. The van der Waals surface area contributed by atoms with E-state index in [0.29, 0.717) is 6.54 Å². The number of hydrogen-bond donors (Lipinski definition) is 2. The van der Waals surface area contributed by atoms with Crippen LogP contribution in [0.2, 0.25) is 0 Å². The first-order chi connectivity index (χ1) is 11.6. The summed E-state index contributed by atoms with van der Waals surface area (Å²) >= 11 is 0. The minimum Gasteiger partial charge on any atom is -0.405 e. The minimum absolute atomic E-state index is 0.635. The summed E-state index contributed by atoms with van der Waals surface area (Å²) < 4.78 is 0. The summed E-state index contributed by atoms with van der Waals surface area (Å²) in [6, 6.07) is 16.7. The first-order valence-corrected chi connectivity index (χ1v) is 7.94. The van der Waals surface area contributed by atoms with Crippen LogP contribution in [-0.2, 0) is 0 Å². The maximum absolute atomic E-state index is 5.31. The fraction of sp³-hybridized carbons (Fsp3) is 0.0909. The lowest BCUT2D eigenvalue weighted by Crippen LogP contribution is -2.15. The van der Waals surface area contributed by atoms with Gasteiger partial charge in [-0.25, -0.2) is 0 Å². The highest BCUT2D eigenvalue weighted by Crippen LogP contribution is 2.29. The molecule has 0 aliphatic heterocycles. The van der Waals surface area contributed by atoms with Gasteiger partial charge in [0, 0.05) is 17.8 Å². The van der Waals surface area contributed by atoms with Gasteiger partial charge in [0.25, 0.3) is 0 Å². The highest BCUT2D eigenvalue weighted by Gasteiger charge is 2.10. The van der Waals surface area contributed by atoms with Crippen LogP contribution in [0.25, 0.3) is 16.8 Å². The molecule has 0 unspecified atom stereocenters. The lowest BCUT2D eigenvalue weighted by atomic mass is 9.94. The second-order valence-electron chi connectivity index (χ2n) is 5.60. The molecule has 0 bridgehead atoms. The number of nitrogens with two attached hydrogens (primary N) is 1. The Labute approximate surface area is 144 Å². The van der Waals surface area contributed by atoms with Gasteiger partial charge in [0.05, 0.1) is 0 Å². The molecule has 0 radical (unpaired) electrons. The second kappa shape index (κ2) is 8.59. The lowest BCUT2D eigenvalue weighted by Gasteiger charge is -2.17. The van der Waals surface area contributed by atoms with Crippen molar-refractivity contribution < 1.29 is 0 Å². The normalized spacial score (nSPS) is 11.0. The molecule has 0 atom stereocenters. The summed E-state index contributed by atoms with van der Waals surface area (Å²) in [6.45, 7) is 11.0. The van der Waals surface area contributed by atoms with Crippen molar-refractivity contribution in [3.63, 3.8) is 0 Å². The molecule has 3 N–H and O–H groups in total. The molecule has 0 saturated carbocycles. The van der Waals surface area contributed by atoms with Gasteiger partial charge < -0.3 is 11.1 Å². The Bertz CT molecular complexity index is 768. The molecule has 0 aromatic heterocycles. The van der Waals surface area contributed by atoms with Gasteiger partial charge in [-0.2, -0.15) is 0 Å². The van der Waals surface area contributed by atoms with Gasteiger partial charge in [0.1, 0.15) is 0 Å². The third kappa shape index (κ3) is 4.50. The van der Waals surface area contributed by atoms with Gasteiger partial charge in [-0.3, -0.25) is 0 Å². The predicted octanol–water partition coefficient (Wildman–Crippen LogP) is 4.81. The average molecular weight is 316 g/mol. The Balaban J connectivity index is 2.19. The number of nitrogens with one attached hydrogen (secondary N) is 1. The number of hydrogen-bond acceptors (Lipinski definition) is 2. The SMILES string of the molecule is C=C(/C=C\C=C/N)CNC(=C)c1c(C)cccc1-c1ccccc1. The zero-order valence-corrected chi connectivity index (χ0v) is 14.1. The quantitative estimate of drug-likeness (QED) is 0.720. The van der Waals surface area contributed by atoms with Crippen LogP contribution in [0.1, 0.15) is 11.1 Å². The highest BCUT2D eigenvalue weighted by atomic mass is 14.9. The molecule has 2 nitrogen and oxygen atoms in total. The van der Waals surface area contributed by atoms with Crippen molar-refractivity contribution in [2.24, 2.45) is 5.73 Å². The third-order valence-corrected chi connectivity index (χ3v) is 3.74. The summed E-state index contributed by atoms with van der Waals surface area (Å²) in [5.74, 6) is 0. The molecule has 0 heterocycles. The van der Waals surface area contributed by atoms with E-state index in [1.165, 1.54) is 22.9 Å². The molecule has 0 aliphatic carbocycles. The summed E-state index contributed by atoms with van der Waals surface area (Å²) in [5, 5.41) is 3.38. The highest BCUT2D eigenvalue weighted by molar-refractivity contribution is 5.81.